The molecule has 1 rings (SSSR count). The summed E-state index contributed by atoms with van der Waals surface area (Å²) in [4.78, 5) is 11.7. The summed E-state index contributed by atoms with van der Waals surface area (Å²) in [5, 5.41) is 0. The summed E-state index contributed by atoms with van der Waals surface area (Å²) >= 11 is 0. The highest BCUT2D eigenvalue weighted by Crippen LogP contribution is 2.46. The van der Waals surface area contributed by atoms with Crippen molar-refractivity contribution in [2.75, 3.05) is 21.3 Å². The molecule has 5 nitrogen and oxygen atoms in total. The van der Waals surface area contributed by atoms with Crippen molar-refractivity contribution in [3.8, 4) is 0 Å². The predicted octanol–water partition coefficient (Wildman–Crippen LogP) is 2.54. The molecule has 0 aromatic rings. The Morgan fingerprint density at radius 3 is 2.50 bits per heavy atom. The molecule has 1 aliphatic heterocycles. The van der Waals surface area contributed by atoms with Gasteiger partial charge in [-0.25, -0.2) is 4.79 Å². The van der Waals surface area contributed by atoms with Crippen molar-refractivity contribution in [1.82, 2.24) is 0 Å². The number of hydrogen-bond acceptors (Lipinski definition) is 5. The Bertz CT molecular complexity index is 340. The Hall–Kier alpha value is -0.693. The van der Waals surface area contributed by atoms with E-state index in [-0.39, 0.29) is 5.92 Å². The van der Waals surface area contributed by atoms with E-state index in [2.05, 4.69) is 13.5 Å². The van der Waals surface area contributed by atoms with E-state index in [0.717, 1.165) is 31.8 Å². The van der Waals surface area contributed by atoms with Crippen LogP contribution in [0.4, 0.5) is 0 Å². The first kappa shape index (κ1) is 17.4. The van der Waals surface area contributed by atoms with Crippen LogP contribution in [0.2, 0.25) is 6.04 Å². The van der Waals surface area contributed by atoms with Gasteiger partial charge in [-0.05, 0) is 19.3 Å². The van der Waals surface area contributed by atoms with Crippen molar-refractivity contribution in [2.24, 2.45) is 5.92 Å². The molecule has 1 fully saturated rings. The fourth-order valence-corrected chi connectivity index (χ4v) is 7.05. The maximum atomic E-state index is 11.7. The van der Waals surface area contributed by atoms with Gasteiger partial charge in [0.1, 0.15) is 0 Å². The Balaban J connectivity index is 3.21. The monoisotopic (exact) mass is 302 g/mol. The maximum absolute atomic E-state index is 11.7. The standard InChI is InChI=1S/C14H26O5Si/c1-6-9-12-10-8-11-20(18-5,19-13(15)7-2)14(12,16-3)17-4/h7,12H,2,6,8-11H2,1,3-5H3. The van der Waals surface area contributed by atoms with Gasteiger partial charge >= 0.3 is 14.5 Å². The molecule has 0 aromatic heterocycles. The average Bonchev–Trinajstić information content (AvgIpc) is 2.48. The quantitative estimate of drug-likeness (QED) is 0.411. The summed E-state index contributed by atoms with van der Waals surface area (Å²) in [5.74, 6) is -0.311. The predicted molar refractivity (Wildman–Crippen MR) is 78.2 cm³/mol. The van der Waals surface area contributed by atoms with Crippen LogP contribution in [0.1, 0.15) is 32.6 Å². The smallest absolute Gasteiger partial charge is 0.462 e. The molecule has 0 saturated carbocycles. The largest absolute Gasteiger partial charge is 0.487 e. The zero-order chi connectivity index (χ0) is 15.2. The van der Waals surface area contributed by atoms with Gasteiger partial charge in [0.05, 0.1) is 0 Å². The second-order valence-corrected chi connectivity index (χ2v) is 8.35. The normalized spacial score (nSPS) is 28.9. The van der Waals surface area contributed by atoms with Crippen LogP contribution in [0.25, 0.3) is 0 Å². The molecular weight excluding hydrogens is 276 g/mol. The third kappa shape index (κ3) is 2.83. The van der Waals surface area contributed by atoms with Crippen LogP contribution in [0.3, 0.4) is 0 Å². The fraction of sp³-hybridized carbons (Fsp3) is 0.786. The van der Waals surface area contributed by atoms with Gasteiger partial charge in [0.25, 0.3) is 0 Å². The summed E-state index contributed by atoms with van der Waals surface area (Å²) in [5.41, 5.74) is -0.950. The molecule has 2 unspecified atom stereocenters. The van der Waals surface area contributed by atoms with Crippen LogP contribution >= 0.6 is 0 Å². The van der Waals surface area contributed by atoms with E-state index in [1.165, 1.54) is 0 Å². The van der Waals surface area contributed by atoms with E-state index in [1.807, 2.05) is 0 Å². The number of rotatable bonds is 7. The van der Waals surface area contributed by atoms with Gasteiger partial charge in [0.2, 0.25) is 5.41 Å². The number of methoxy groups -OCH3 is 2. The van der Waals surface area contributed by atoms with Gasteiger partial charge < -0.3 is 18.3 Å². The number of carbonyl (C=O) groups is 1. The first-order valence-electron chi connectivity index (χ1n) is 7.06. The van der Waals surface area contributed by atoms with E-state index in [4.69, 9.17) is 18.3 Å². The average molecular weight is 302 g/mol. The van der Waals surface area contributed by atoms with Crippen LogP contribution < -0.4 is 0 Å². The minimum Gasteiger partial charge on any atom is -0.487 e. The molecule has 2 atom stereocenters. The zero-order valence-electron chi connectivity index (χ0n) is 12.9. The summed E-state index contributed by atoms with van der Waals surface area (Å²) in [7, 11) is 1.78. The van der Waals surface area contributed by atoms with E-state index in [1.54, 1.807) is 21.3 Å². The van der Waals surface area contributed by atoms with Crippen LogP contribution in [0.15, 0.2) is 12.7 Å². The summed E-state index contributed by atoms with van der Waals surface area (Å²) in [6.07, 6.45) is 5.06. The molecule has 0 aromatic carbocycles. The first-order chi connectivity index (χ1) is 9.55. The molecular formula is C14H26O5Si. The SMILES string of the molecule is C=CC(=O)O[Si]1(OC)CCCC(CCC)C1(OC)OC. The topological polar surface area (TPSA) is 54.0 Å². The highest BCUT2D eigenvalue weighted by atomic mass is 28.4. The molecule has 0 aliphatic carbocycles. The lowest BCUT2D eigenvalue weighted by Crippen LogP contribution is -2.70. The third-order valence-electron chi connectivity index (χ3n) is 4.13. The molecule has 116 valence electrons. The van der Waals surface area contributed by atoms with Crippen molar-refractivity contribution in [3.05, 3.63) is 12.7 Å². The Morgan fingerprint density at radius 2 is 2.05 bits per heavy atom. The molecule has 1 saturated heterocycles. The van der Waals surface area contributed by atoms with E-state index in [9.17, 15) is 4.79 Å². The molecule has 0 spiro atoms. The van der Waals surface area contributed by atoms with Crippen molar-refractivity contribution in [1.29, 1.82) is 0 Å². The van der Waals surface area contributed by atoms with Crippen LogP contribution in [-0.2, 0) is 23.1 Å². The first-order valence-corrected chi connectivity index (χ1v) is 9.09. The number of hydrogen-bond donors (Lipinski definition) is 0. The Kier molecular flexibility index (Phi) is 6.38. The van der Waals surface area contributed by atoms with Gasteiger partial charge in [0.15, 0.2) is 0 Å². The van der Waals surface area contributed by atoms with Gasteiger partial charge in [-0.1, -0.05) is 19.9 Å². The van der Waals surface area contributed by atoms with Crippen LogP contribution in [0, 0.1) is 5.92 Å². The third-order valence-corrected chi connectivity index (χ3v) is 8.21. The molecule has 1 heterocycles. The molecule has 0 amide bonds. The van der Waals surface area contributed by atoms with Gasteiger partial charge in [-0.2, -0.15) is 0 Å². The minimum absolute atomic E-state index is 0.167. The molecule has 0 bridgehead atoms. The van der Waals surface area contributed by atoms with Gasteiger partial charge in [0, 0.05) is 39.4 Å². The molecule has 6 heteroatoms. The number of ether oxygens (including phenoxy) is 2. The van der Waals surface area contributed by atoms with Gasteiger partial charge in [-0.15, -0.1) is 0 Å². The van der Waals surface area contributed by atoms with E-state index in [0.29, 0.717) is 6.04 Å². The summed E-state index contributed by atoms with van der Waals surface area (Å²) in [6, 6.07) is 0.672. The molecule has 0 radical (unpaired) electrons. The maximum Gasteiger partial charge on any atom is 0.462 e. The van der Waals surface area contributed by atoms with Crippen LogP contribution in [-0.4, -0.2) is 41.3 Å². The second-order valence-electron chi connectivity index (χ2n) is 5.04. The molecule has 20 heavy (non-hydrogen) atoms. The lowest BCUT2D eigenvalue weighted by molar-refractivity contribution is -0.215. The van der Waals surface area contributed by atoms with Crippen LogP contribution in [0.5, 0.6) is 0 Å². The summed E-state index contributed by atoms with van der Waals surface area (Å²) < 4.78 is 22.9. The molecule has 0 N–H and O–H groups in total. The lowest BCUT2D eigenvalue weighted by Gasteiger charge is -2.50. The van der Waals surface area contributed by atoms with E-state index >= 15 is 0 Å². The fourth-order valence-electron chi connectivity index (χ4n) is 3.28. The van der Waals surface area contributed by atoms with Gasteiger partial charge in [-0.3, -0.25) is 0 Å². The minimum atomic E-state index is -2.99. The van der Waals surface area contributed by atoms with Crippen molar-refractivity contribution >= 4 is 14.5 Å². The zero-order valence-corrected chi connectivity index (χ0v) is 13.9. The highest BCUT2D eigenvalue weighted by Gasteiger charge is 2.67. The summed E-state index contributed by atoms with van der Waals surface area (Å²) in [6.45, 7) is 5.58. The van der Waals surface area contributed by atoms with Crippen molar-refractivity contribution in [3.63, 3.8) is 0 Å². The highest BCUT2D eigenvalue weighted by molar-refractivity contribution is 6.72. The molecule has 1 aliphatic rings. The van der Waals surface area contributed by atoms with Crippen molar-refractivity contribution < 1.29 is 23.1 Å². The number of carbonyl (C=O) groups excluding carboxylic acids is 1. The Labute approximate surface area is 122 Å². The van der Waals surface area contributed by atoms with E-state index < -0.39 is 19.9 Å². The van der Waals surface area contributed by atoms with Crippen molar-refractivity contribution in [2.45, 2.75) is 44.1 Å². The lowest BCUT2D eigenvalue weighted by atomic mass is 9.96. The Morgan fingerprint density at radius 1 is 1.40 bits per heavy atom. The second kappa shape index (κ2) is 7.35.